The fraction of sp³-hybridized carbons (Fsp3) is 0.192. The molecule has 2 heterocycles. The monoisotopic (exact) mass is 490 g/mol. The summed E-state index contributed by atoms with van der Waals surface area (Å²) in [6.07, 6.45) is 12.0. The van der Waals surface area contributed by atoms with E-state index >= 15 is 0 Å². The maximum Gasteiger partial charge on any atom is 0.326 e. The van der Waals surface area contributed by atoms with Gasteiger partial charge in [-0.05, 0) is 47.8 Å². The number of aliphatic carboxylic acids is 1. The van der Waals surface area contributed by atoms with Crippen LogP contribution in [0.1, 0.15) is 17.0 Å². The number of aromatic nitrogens is 3. The van der Waals surface area contributed by atoms with Crippen LogP contribution in [0.2, 0.25) is 0 Å². The van der Waals surface area contributed by atoms with Gasteiger partial charge in [-0.25, -0.2) is 14.8 Å². The lowest BCUT2D eigenvalue weighted by atomic mass is 9.99. The van der Waals surface area contributed by atoms with Crippen molar-refractivity contribution in [1.29, 1.82) is 0 Å². The van der Waals surface area contributed by atoms with Crippen molar-refractivity contribution in [3.63, 3.8) is 0 Å². The topological polar surface area (TPSA) is 80.0 Å². The molecule has 0 aliphatic carbocycles. The van der Waals surface area contributed by atoms with E-state index in [2.05, 4.69) is 27.4 Å². The minimum atomic E-state index is -0.844. The average Bonchev–Trinajstić information content (AvgIpc) is 3.57. The quantitative estimate of drug-likeness (QED) is 0.274. The van der Waals surface area contributed by atoms with Crippen LogP contribution in [0.15, 0.2) is 78.8 Å². The molecule has 6 nitrogen and oxygen atoms in total. The molecule has 34 heavy (non-hydrogen) atoms. The first-order chi connectivity index (χ1) is 16.6. The van der Waals surface area contributed by atoms with Gasteiger partial charge in [0.15, 0.2) is 0 Å². The lowest BCUT2D eigenvalue weighted by molar-refractivity contribution is -0.137. The first-order valence-corrected chi connectivity index (χ1v) is 13.2. The Morgan fingerprint density at radius 2 is 2.09 bits per heavy atom. The number of benzene rings is 2. The van der Waals surface area contributed by atoms with Gasteiger partial charge in [0.05, 0.1) is 12.9 Å². The van der Waals surface area contributed by atoms with Crippen molar-refractivity contribution in [3.05, 3.63) is 89.4 Å². The van der Waals surface area contributed by atoms with Crippen molar-refractivity contribution in [1.82, 2.24) is 14.5 Å². The average molecular weight is 491 g/mol. The molecule has 1 atom stereocenters. The van der Waals surface area contributed by atoms with E-state index in [1.165, 1.54) is 0 Å². The van der Waals surface area contributed by atoms with E-state index in [-0.39, 0.29) is 0 Å². The first-order valence-electron chi connectivity index (χ1n) is 10.9. The van der Waals surface area contributed by atoms with Crippen molar-refractivity contribution in [2.45, 2.75) is 19.0 Å². The molecule has 0 radical (unpaired) electrons. The molecule has 0 fully saturated rings. The first kappa shape index (κ1) is 23.8. The Kier molecular flexibility index (Phi) is 8.17. The SMILES string of the molecule is CSCC[C@H](Nc1ccc(C=C(Cn2ccnc2)c2nccs2)cc1-c1ccccc1)C(=O)O. The number of thiazole rings is 1. The van der Waals surface area contributed by atoms with Crippen molar-refractivity contribution in [2.75, 3.05) is 17.3 Å². The van der Waals surface area contributed by atoms with E-state index in [1.807, 2.05) is 71.1 Å². The molecule has 4 rings (SSSR count). The lowest BCUT2D eigenvalue weighted by Crippen LogP contribution is -2.30. The van der Waals surface area contributed by atoms with Gasteiger partial charge in [-0.1, -0.05) is 36.4 Å². The highest BCUT2D eigenvalue weighted by molar-refractivity contribution is 7.98. The van der Waals surface area contributed by atoms with Crippen LogP contribution < -0.4 is 5.32 Å². The van der Waals surface area contributed by atoms with Crippen LogP contribution in [-0.2, 0) is 11.3 Å². The van der Waals surface area contributed by atoms with Gasteiger partial charge in [-0.2, -0.15) is 11.8 Å². The molecule has 0 saturated carbocycles. The largest absolute Gasteiger partial charge is 0.480 e. The summed E-state index contributed by atoms with van der Waals surface area (Å²) in [7, 11) is 0. The highest BCUT2D eigenvalue weighted by atomic mass is 32.2. The number of nitrogens with one attached hydrogen (secondary N) is 1. The van der Waals surface area contributed by atoms with Crippen molar-refractivity contribution >= 4 is 46.4 Å². The van der Waals surface area contributed by atoms with Crippen LogP contribution in [0.25, 0.3) is 22.8 Å². The minimum absolute atomic E-state index is 0.547. The van der Waals surface area contributed by atoms with E-state index in [1.54, 1.807) is 35.6 Å². The second kappa shape index (κ2) is 11.7. The molecule has 0 aliphatic rings. The number of thioether (sulfide) groups is 1. The van der Waals surface area contributed by atoms with E-state index in [0.717, 1.165) is 38.7 Å². The summed E-state index contributed by atoms with van der Waals surface area (Å²) in [6.45, 7) is 0.657. The molecule has 4 aromatic rings. The van der Waals surface area contributed by atoms with Crippen molar-refractivity contribution in [2.24, 2.45) is 0 Å². The molecule has 2 N–H and O–H groups in total. The van der Waals surface area contributed by atoms with Gasteiger partial charge in [0, 0.05) is 40.8 Å². The van der Waals surface area contributed by atoms with Gasteiger partial charge in [0.2, 0.25) is 0 Å². The summed E-state index contributed by atoms with van der Waals surface area (Å²) < 4.78 is 2.02. The summed E-state index contributed by atoms with van der Waals surface area (Å²) >= 11 is 3.25. The third kappa shape index (κ3) is 6.15. The fourth-order valence-electron chi connectivity index (χ4n) is 3.65. The molecular formula is C26H26N4O2S2. The number of carboxylic acid groups (broad SMARTS) is 1. The number of anilines is 1. The number of hydrogen-bond acceptors (Lipinski definition) is 6. The second-order valence-corrected chi connectivity index (χ2v) is 9.61. The van der Waals surface area contributed by atoms with E-state index in [0.29, 0.717) is 13.0 Å². The van der Waals surface area contributed by atoms with Crippen LogP contribution in [0.3, 0.4) is 0 Å². The minimum Gasteiger partial charge on any atom is -0.480 e. The summed E-state index contributed by atoms with van der Waals surface area (Å²) in [5.74, 6) is -0.0694. The maximum absolute atomic E-state index is 11.9. The van der Waals surface area contributed by atoms with Gasteiger partial charge in [-0.3, -0.25) is 0 Å². The van der Waals surface area contributed by atoms with E-state index < -0.39 is 12.0 Å². The molecule has 0 spiro atoms. The zero-order valence-electron chi connectivity index (χ0n) is 18.8. The van der Waals surface area contributed by atoms with Crippen LogP contribution in [-0.4, -0.2) is 43.7 Å². The molecule has 0 saturated heterocycles. The smallest absolute Gasteiger partial charge is 0.326 e. The van der Waals surface area contributed by atoms with E-state index in [9.17, 15) is 9.90 Å². The fourth-order valence-corrected chi connectivity index (χ4v) is 4.77. The second-order valence-electron chi connectivity index (χ2n) is 7.73. The van der Waals surface area contributed by atoms with Crippen LogP contribution >= 0.6 is 23.1 Å². The highest BCUT2D eigenvalue weighted by Gasteiger charge is 2.19. The van der Waals surface area contributed by atoms with Crippen molar-refractivity contribution < 1.29 is 9.90 Å². The molecule has 0 aliphatic heterocycles. The van der Waals surface area contributed by atoms with Gasteiger partial charge in [-0.15, -0.1) is 11.3 Å². The predicted octanol–water partition coefficient (Wildman–Crippen LogP) is 5.87. The summed E-state index contributed by atoms with van der Waals surface area (Å²) in [4.78, 5) is 20.5. The molecular weight excluding hydrogens is 464 g/mol. The number of imidazole rings is 1. The number of rotatable bonds is 11. The lowest BCUT2D eigenvalue weighted by Gasteiger charge is -2.19. The molecule has 0 amide bonds. The molecule has 2 aromatic carbocycles. The number of allylic oxidation sites excluding steroid dienone is 1. The van der Waals surface area contributed by atoms with Crippen LogP contribution in [0.4, 0.5) is 5.69 Å². The van der Waals surface area contributed by atoms with Gasteiger partial charge in [0.1, 0.15) is 11.0 Å². The summed E-state index contributed by atoms with van der Waals surface area (Å²) in [5, 5.41) is 15.9. The normalized spacial score (nSPS) is 12.4. The number of carbonyl (C=O) groups is 1. The maximum atomic E-state index is 11.9. The predicted molar refractivity (Wildman–Crippen MR) is 142 cm³/mol. The Balaban J connectivity index is 1.73. The molecule has 2 aromatic heterocycles. The van der Waals surface area contributed by atoms with Crippen molar-refractivity contribution in [3.8, 4) is 11.1 Å². The van der Waals surface area contributed by atoms with E-state index in [4.69, 9.17) is 0 Å². The summed E-state index contributed by atoms with van der Waals surface area (Å²) in [5.41, 5.74) is 4.90. The van der Waals surface area contributed by atoms with Crippen LogP contribution in [0, 0.1) is 0 Å². The van der Waals surface area contributed by atoms with Gasteiger partial charge < -0.3 is 15.0 Å². The zero-order valence-corrected chi connectivity index (χ0v) is 20.4. The van der Waals surface area contributed by atoms with Gasteiger partial charge >= 0.3 is 5.97 Å². The molecule has 0 unspecified atom stereocenters. The Labute approximate surface area is 207 Å². The Hall–Kier alpha value is -3.36. The molecule has 0 bridgehead atoms. The number of nitrogens with zero attached hydrogens (tertiary/aromatic N) is 3. The highest BCUT2D eigenvalue weighted by Crippen LogP contribution is 2.32. The summed E-state index contributed by atoms with van der Waals surface area (Å²) in [6, 6.07) is 15.5. The van der Waals surface area contributed by atoms with Crippen LogP contribution in [0.5, 0.6) is 0 Å². The third-order valence-electron chi connectivity index (χ3n) is 5.33. The molecule has 8 heteroatoms. The Morgan fingerprint density at radius 3 is 2.76 bits per heavy atom. The number of carboxylic acids is 1. The standard InChI is InChI=1S/C26H26N4O2S2/c1-33-13-9-24(26(31)32)29-23-8-7-19(16-22(23)20-5-3-2-4-6-20)15-21(25-28-11-14-34-25)17-30-12-10-27-18-30/h2-8,10-12,14-16,18,24,29H,9,13,17H2,1H3,(H,31,32)/t24-/m0/s1. The Morgan fingerprint density at radius 1 is 1.24 bits per heavy atom. The Bertz CT molecular complexity index is 1220. The number of hydrogen-bond donors (Lipinski definition) is 2. The third-order valence-corrected chi connectivity index (χ3v) is 6.82. The van der Waals surface area contributed by atoms with Gasteiger partial charge in [0.25, 0.3) is 0 Å². The zero-order chi connectivity index (χ0) is 23.8. The molecule has 174 valence electrons.